The molecule has 0 saturated carbocycles. The van der Waals surface area contributed by atoms with Crippen molar-refractivity contribution >= 4 is 21.9 Å². The van der Waals surface area contributed by atoms with Crippen molar-refractivity contribution in [3.63, 3.8) is 0 Å². The number of hydrogen-bond donors (Lipinski definition) is 1. The molecule has 1 heterocycles. The van der Waals surface area contributed by atoms with Crippen LogP contribution in [0.5, 0.6) is 5.75 Å². The lowest BCUT2D eigenvalue weighted by molar-refractivity contribution is 0.0690. The summed E-state index contributed by atoms with van der Waals surface area (Å²) in [7, 11) is 0. The van der Waals surface area contributed by atoms with Crippen molar-refractivity contribution in [2.45, 2.75) is 6.61 Å². The molecule has 0 atom stereocenters. The fourth-order valence-electron chi connectivity index (χ4n) is 1.39. The van der Waals surface area contributed by atoms with Crippen molar-refractivity contribution in [3.05, 3.63) is 58.1 Å². The third-order valence-electron chi connectivity index (χ3n) is 2.36. The van der Waals surface area contributed by atoms with Crippen LogP contribution < -0.4 is 4.74 Å². The largest absolute Gasteiger partial charge is 0.487 e. The number of aromatic nitrogens is 1. The summed E-state index contributed by atoms with van der Waals surface area (Å²) in [6.45, 7) is 0.0488. The lowest BCUT2D eigenvalue weighted by atomic mass is 10.2. The van der Waals surface area contributed by atoms with Gasteiger partial charge in [0.1, 0.15) is 23.9 Å². The molecule has 0 bridgehead atoms. The third-order valence-corrected chi connectivity index (χ3v) is 2.86. The number of rotatable bonds is 4. The van der Waals surface area contributed by atoms with Crippen LogP contribution in [0, 0.1) is 5.82 Å². The summed E-state index contributed by atoms with van der Waals surface area (Å²) in [4.78, 5) is 14.3. The monoisotopic (exact) mass is 325 g/mol. The average Bonchev–Trinajstić information content (AvgIpc) is 2.38. The van der Waals surface area contributed by atoms with Crippen LogP contribution >= 0.6 is 15.9 Å². The molecule has 1 aromatic carbocycles. The summed E-state index contributed by atoms with van der Waals surface area (Å²) >= 11 is 3.17. The van der Waals surface area contributed by atoms with Crippen LogP contribution in [0.3, 0.4) is 0 Å². The van der Waals surface area contributed by atoms with Gasteiger partial charge in [0.15, 0.2) is 0 Å². The van der Waals surface area contributed by atoms with Gasteiger partial charge < -0.3 is 9.84 Å². The molecule has 2 rings (SSSR count). The van der Waals surface area contributed by atoms with Gasteiger partial charge in [-0.3, -0.25) is 0 Å². The van der Waals surface area contributed by atoms with Crippen LogP contribution in [0.2, 0.25) is 0 Å². The standard InChI is InChI=1S/C13H9BrFNO3/c14-9-2-1-8(11(15)5-9)7-19-10-3-4-12(13(17)18)16-6-10/h1-6H,7H2,(H,17,18). The van der Waals surface area contributed by atoms with Gasteiger partial charge in [-0.2, -0.15) is 0 Å². The number of carboxylic acids is 1. The van der Waals surface area contributed by atoms with Crippen molar-refractivity contribution in [2.24, 2.45) is 0 Å². The Morgan fingerprint density at radius 3 is 2.74 bits per heavy atom. The Bertz CT molecular complexity index is 601. The third kappa shape index (κ3) is 3.51. The quantitative estimate of drug-likeness (QED) is 0.937. The van der Waals surface area contributed by atoms with Gasteiger partial charge in [0.05, 0.1) is 6.20 Å². The predicted molar refractivity (Wildman–Crippen MR) is 69.6 cm³/mol. The topological polar surface area (TPSA) is 59.4 Å². The van der Waals surface area contributed by atoms with Gasteiger partial charge in [0.2, 0.25) is 0 Å². The molecular weight excluding hydrogens is 317 g/mol. The summed E-state index contributed by atoms with van der Waals surface area (Å²) in [5.74, 6) is -1.10. The molecule has 4 nitrogen and oxygen atoms in total. The highest BCUT2D eigenvalue weighted by Gasteiger charge is 2.06. The second-order valence-corrected chi connectivity index (χ2v) is 4.62. The maximum absolute atomic E-state index is 13.5. The van der Waals surface area contributed by atoms with Crippen molar-refractivity contribution in [2.75, 3.05) is 0 Å². The van der Waals surface area contributed by atoms with E-state index in [1.807, 2.05) is 0 Å². The van der Waals surface area contributed by atoms with E-state index >= 15 is 0 Å². The molecule has 19 heavy (non-hydrogen) atoms. The summed E-state index contributed by atoms with van der Waals surface area (Å²) in [5, 5.41) is 8.69. The minimum absolute atomic E-state index is 0.0488. The average molecular weight is 326 g/mol. The fourth-order valence-corrected chi connectivity index (χ4v) is 1.73. The van der Waals surface area contributed by atoms with Crippen LogP contribution in [0.15, 0.2) is 41.0 Å². The molecule has 1 aromatic heterocycles. The van der Waals surface area contributed by atoms with Crippen molar-refractivity contribution in [1.29, 1.82) is 0 Å². The number of hydrogen-bond acceptors (Lipinski definition) is 3. The highest BCUT2D eigenvalue weighted by atomic mass is 79.9. The van der Waals surface area contributed by atoms with Crippen LogP contribution in [-0.2, 0) is 6.61 Å². The second-order valence-electron chi connectivity index (χ2n) is 3.71. The van der Waals surface area contributed by atoms with Gasteiger partial charge in [0, 0.05) is 10.0 Å². The van der Waals surface area contributed by atoms with Crippen LogP contribution in [0.1, 0.15) is 16.1 Å². The summed E-state index contributed by atoms with van der Waals surface area (Å²) in [6, 6.07) is 7.49. The van der Waals surface area contributed by atoms with E-state index in [1.54, 1.807) is 12.1 Å². The van der Waals surface area contributed by atoms with Crippen LogP contribution in [0.25, 0.3) is 0 Å². The number of carboxylic acid groups (broad SMARTS) is 1. The zero-order valence-electron chi connectivity index (χ0n) is 9.64. The molecule has 0 unspecified atom stereocenters. The van der Waals surface area contributed by atoms with E-state index in [0.29, 0.717) is 15.8 Å². The molecule has 0 spiro atoms. The second kappa shape index (κ2) is 5.79. The Morgan fingerprint density at radius 1 is 1.37 bits per heavy atom. The first-order chi connectivity index (χ1) is 9.06. The number of halogens is 2. The lowest BCUT2D eigenvalue weighted by Crippen LogP contribution is -2.02. The minimum Gasteiger partial charge on any atom is -0.487 e. The fraction of sp³-hybridized carbons (Fsp3) is 0.0769. The molecule has 0 radical (unpaired) electrons. The number of pyridine rings is 1. The maximum atomic E-state index is 13.5. The van der Waals surface area contributed by atoms with Crippen LogP contribution in [-0.4, -0.2) is 16.1 Å². The number of carbonyl (C=O) groups is 1. The van der Waals surface area contributed by atoms with Gasteiger partial charge in [-0.1, -0.05) is 22.0 Å². The van der Waals surface area contributed by atoms with Gasteiger partial charge in [0.25, 0.3) is 0 Å². The molecule has 0 aliphatic heterocycles. The molecule has 0 saturated heterocycles. The molecule has 98 valence electrons. The number of aromatic carboxylic acids is 1. The first kappa shape index (κ1) is 13.5. The number of nitrogens with zero attached hydrogens (tertiary/aromatic N) is 1. The Balaban J connectivity index is 2.04. The Morgan fingerprint density at radius 2 is 2.16 bits per heavy atom. The van der Waals surface area contributed by atoms with Gasteiger partial charge >= 0.3 is 5.97 Å². The number of benzene rings is 1. The lowest BCUT2D eigenvalue weighted by Gasteiger charge is -2.07. The first-order valence-corrected chi connectivity index (χ1v) is 6.11. The molecule has 0 aliphatic rings. The smallest absolute Gasteiger partial charge is 0.354 e. The van der Waals surface area contributed by atoms with Gasteiger partial charge in [-0.25, -0.2) is 14.2 Å². The Kier molecular flexibility index (Phi) is 4.11. The summed E-state index contributed by atoms with van der Waals surface area (Å²) in [5.41, 5.74) is 0.340. The first-order valence-electron chi connectivity index (χ1n) is 5.32. The van der Waals surface area contributed by atoms with Crippen LogP contribution in [0.4, 0.5) is 4.39 Å². The molecule has 0 aliphatic carbocycles. The number of ether oxygens (including phenoxy) is 1. The van der Waals surface area contributed by atoms with E-state index in [0.717, 1.165) is 0 Å². The normalized spacial score (nSPS) is 10.2. The highest BCUT2D eigenvalue weighted by Crippen LogP contribution is 2.17. The van der Waals surface area contributed by atoms with Gasteiger partial charge in [-0.05, 0) is 24.3 Å². The van der Waals surface area contributed by atoms with E-state index in [9.17, 15) is 9.18 Å². The van der Waals surface area contributed by atoms with E-state index < -0.39 is 5.97 Å². The predicted octanol–water partition coefficient (Wildman–Crippen LogP) is 3.26. The van der Waals surface area contributed by atoms with E-state index in [4.69, 9.17) is 9.84 Å². The molecule has 0 fully saturated rings. The zero-order valence-corrected chi connectivity index (χ0v) is 11.2. The summed E-state index contributed by atoms with van der Waals surface area (Å²) in [6.07, 6.45) is 1.29. The minimum atomic E-state index is -1.11. The van der Waals surface area contributed by atoms with E-state index in [-0.39, 0.29) is 18.1 Å². The zero-order chi connectivity index (χ0) is 13.8. The molecule has 6 heteroatoms. The molecule has 2 aromatic rings. The van der Waals surface area contributed by atoms with Crippen molar-refractivity contribution in [1.82, 2.24) is 4.98 Å². The summed E-state index contributed by atoms with van der Waals surface area (Å²) < 4.78 is 19.5. The van der Waals surface area contributed by atoms with E-state index in [2.05, 4.69) is 20.9 Å². The molecule has 1 N–H and O–H groups in total. The highest BCUT2D eigenvalue weighted by molar-refractivity contribution is 9.10. The Labute approximate surface area is 117 Å². The Hall–Kier alpha value is -1.95. The van der Waals surface area contributed by atoms with E-state index in [1.165, 1.54) is 24.4 Å². The SMILES string of the molecule is O=C(O)c1ccc(OCc2ccc(Br)cc2F)cn1. The van der Waals surface area contributed by atoms with Crippen molar-refractivity contribution in [3.8, 4) is 5.75 Å². The maximum Gasteiger partial charge on any atom is 0.354 e. The molecular formula is C13H9BrFNO3. The van der Waals surface area contributed by atoms with Crippen molar-refractivity contribution < 1.29 is 19.0 Å². The van der Waals surface area contributed by atoms with Gasteiger partial charge in [-0.15, -0.1) is 0 Å². The molecule has 0 amide bonds.